The van der Waals surface area contributed by atoms with Gasteiger partial charge in [-0.15, -0.1) is 0 Å². The van der Waals surface area contributed by atoms with Crippen molar-refractivity contribution in [2.24, 2.45) is 0 Å². The Morgan fingerprint density at radius 3 is 2.70 bits per heavy atom. The maximum absolute atomic E-state index is 13.3. The highest BCUT2D eigenvalue weighted by atomic mass is 35.5. The van der Waals surface area contributed by atoms with Crippen LogP contribution in [-0.2, 0) is 6.61 Å². The molecule has 0 aliphatic carbocycles. The molecule has 104 valence electrons. The van der Waals surface area contributed by atoms with Gasteiger partial charge in [0, 0.05) is 5.56 Å². The summed E-state index contributed by atoms with van der Waals surface area (Å²) in [6.45, 7) is 1.75. The van der Waals surface area contributed by atoms with Crippen molar-refractivity contribution in [2.75, 3.05) is 0 Å². The fourth-order valence-electron chi connectivity index (χ4n) is 1.82. The van der Waals surface area contributed by atoms with Gasteiger partial charge in [0.1, 0.15) is 23.7 Å². The molecule has 0 aliphatic heterocycles. The predicted octanol–water partition coefficient (Wildman–Crippen LogP) is 4.06. The summed E-state index contributed by atoms with van der Waals surface area (Å²) in [6, 6.07) is 9.25. The number of para-hydroxylation sites is 1. The molecule has 0 aromatic heterocycles. The predicted molar refractivity (Wildman–Crippen MR) is 73.9 cm³/mol. The lowest BCUT2D eigenvalue weighted by Gasteiger charge is -2.12. The number of benzene rings is 2. The lowest BCUT2D eigenvalue weighted by Crippen LogP contribution is -2.05. The van der Waals surface area contributed by atoms with E-state index in [2.05, 4.69) is 0 Å². The summed E-state index contributed by atoms with van der Waals surface area (Å²) in [7, 11) is 0. The number of aromatic carboxylic acids is 1. The molecule has 0 aliphatic rings. The number of ether oxygens (including phenoxy) is 1. The SMILES string of the molecule is Cc1cccc(C(=O)O)c1OCc1cccc(F)c1Cl. The maximum Gasteiger partial charge on any atom is 0.339 e. The summed E-state index contributed by atoms with van der Waals surface area (Å²) < 4.78 is 18.8. The highest BCUT2D eigenvalue weighted by Crippen LogP contribution is 2.26. The number of carbonyl (C=O) groups is 1. The quantitative estimate of drug-likeness (QED) is 0.925. The number of carboxylic acid groups (broad SMARTS) is 1. The molecule has 2 aromatic carbocycles. The third-order valence-electron chi connectivity index (χ3n) is 2.85. The van der Waals surface area contributed by atoms with Crippen LogP contribution in [0.1, 0.15) is 21.5 Å². The average Bonchev–Trinajstić information content (AvgIpc) is 2.41. The molecule has 0 bridgehead atoms. The first kappa shape index (κ1) is 14.3. The number of hydrogen-bond donors (Lipinski definition) is 1. The van der Waals surface area contributed by atoms with Crippen molar-refractivity contribution in [3.05, 3.63) is 63.9 Å². The molecule has 0 fully saturated rings. The summed E-state index contributed by atoms with van der Waals surface area (Å²) in [4.78, 5) is 11.1. The second-order valence-corrected chi connectivity index (χ2v) is 4.64. The van der Waals surface area contributed by atoms with Crippen LogP contribution in [0.5, 0.6) is 5.75 Å². The minimum atomic E-state index is -1.07. The Balaban J connectivity index is 2.27. The van der Waals surface area contributed by atoms with Gasteiger partial charge in [-0.3, -0.25) is 0 Å². The van der Waals surface area contributed by atoms with Crippen molar-refractivity contribution in [3.63, 3.8) is 0 Å². The van der Waals surface area contributed by atoms with Crippen LogP contribution < -0.4 is 4.74 Å². The van der Waals surface area contributed by atoms with Gasteiger partial charge in [0.25, 0.3) is 0 Å². The molecule has 5 heteroatoms. The van der Waals surface area contributed by atoms with Crippen LogP contribution in [0.15, 0.2) is 36.4 Å². The Morgan fingerprint density at radius 1 is 1.30 bits per heavy atom. The summed E-state index contributed by atoms with van der Waals surface area (Å²) in [5, 5.41) is 9.10. The topological polar surface area (TPSA) is 46.5 Å². The zero-order valence-corrected chi connectivity index (χ0v) is 11.4. The van der Waals surface area contributed by atoms with Gasteiger partial charge in [0.15, 0.2) is 0 Å². The second kappa shape index (κ2) is 5.92. The molecule has 0 heterocycles. The molecule has 0 saturated carbocycles. The Kier molecular flexibility index (Phi) is 4.25. The molecular weight excluding hydrogens is 283 g/mol. The van der Waals surface area contributed by atoms with Crippen molar-refractivity contribution >= 4 is 17.6 Å². The van der Waals surface area contributed by atoms with Gasteiger partial charge in [-0.25, -0.2) is 9.18 Å². The first-order valence-electron chi connectivity index (χ1n) is 5.89. The Labute approximate surface area is 120 Å². The summed E-state index contributed by atoms with van der Waals surface area (Å²) >= 11 is 5.83. The van der Waals surface area contributed by atoms with Crippen molar-refractivity contribution in [1.29, 1.82) is 0 Å². The normalized spacial score (nSPS) is 10.3. The molecule has 20 heavy (non-hydrogen) atoms. The highest BCUT2D eigenvalue weighted by Gasteiger charge is 2.14. The van der Waals surface area contributed by atoms with Crippen LogP contribution in [0, 0.1) is 12.7 Å². The third-order valence-corrected chi connectivity index (χ3v) is 3.27. The summed E-state index contributed by atoms with van der Waals surface area (Å²) in [5.41, 5.74) is 1.22. The Bertz CT molecular complexity index is 656. The summed E-state index contributed by atoms with van der Waals surface area (Å²) in [6.07, 6.45) is 0. The second-order valence-electron chi connectivity index (χ2n) is 4.26. The maximum atomic E-state index is 13.3. The van der Waals surface area contributed by atoms with E-state index in [1.54, 1.807) is 25.1 Å². The number of carboxylic acids is 1. The Morgan fingerprint density at radius 2 is 2.00 bits per heavy atom. The van der Waals surface area contributed by atoms with E-state index in [-0.39, 0.29) is 22.9 Å². The lowest BCUT2D eigenvalue weighted by molar-refractivity contribution is 0.0691. The standard InChI is InChI=1S/C15H12ClFO3/c1-9-4-2-6-11(15(18)19)14(9)20-8-10-5-3-7-12(17)13(10)16/h2-7H,8H2,1H3,(H,18,19). The molecule has 2 rings (SSSR count). The monoisotopic (exact) mass is 294 g/mol. The molecule has 0 radical (unpaired) electrons. The molecule has 3 nitrogen and oxygen atoms in total. The van der Waals surface area contributed by atoms with Crippen molar-refractivity contribution in [2.45, 2.75) is 13.5 Å². The molecule has 1 N–H and O–H groups in total. The fraction of sp³-hybridized carbons (Fsp3) is 0.133. The minimum absolute atomic E-state index is 0.00171. The molecule has 0 spiro atoms. The van der Waals surface area contributed by atoms with Gasteiger partial charge < -0.3 is 9.84 Å². The van der Waals surface area contributed by atoms with Gasteiger partial charge in [0.05, 0.1) is 5.02 Å². The zero-order valence-electron chi connectivity index (χ0n) is 10.7. The number of rotatable bonds is 4. The average molecular weight is 295 g/mol. The van der Waals surface area contributed by atoms with Gasteiger partial charge in [-0.2, -0.15) is 0 Å². The van der Waals surface area contributed by atoms with Gasteiger partial charge >= 0.3 is 5.97 Å². The molecule has 0 unspecified atom stereocenters. The van der Waals surface area contributed by atoms with E-state index in [0.717, 1.165) is 0 Å². The minimum Gasteiger partial charge on any atom is -0.488 e. The fourth-order valence-corrected chi connectivity index (χ4v) is 2.00. The van der Waals surface area contributed by atoms with E-state index in [4.69, 9.17) is 21.4 Å². The van der Waals surface area contributed by atoms with E-state index in [1.807, 2.05) is 0 Å². The first-order chi connectivity index (χ1) is 9.50. The number of aryl methyl sites for hydroxylation is 1. The number of halogens is 2. The smallest absolute Gasteiger partial charge is 0.339 e. The summed E-state index contributed by atoms with van der Waals surface area (Å²) in [5.74, 6) is -1.34. The molecule has 0 atom stereocenters. The van der Waals surface area contributed by atoms with Crippen LogP contribution in [0.3, 0.4) is 0 Å². The zero-order chi connectivity index (χ0) is 14.7. The molecule has 0 amide bonds. The molecule has 2 aromatic rings. The van der Waals surface area contributed by atoms with Crippen LogP contribution in [0.25, 0.3) is 0 Å². The van der Waals surface area contributed by atoms with Crippen LogP contribution in [0.4, 0.5) is 4.39 Å². The Hall–Kier alpha value is -2.07. The van der Waals surface area contributed by atoms with Crippen molar-refractivity contribution < 1.29 is 19.0 Å². The van der Waals surface area contributed by atoms with Crippen LogP contribution >= 0.6 is 11.6 Å². The highest BCUT2D eigenvalue weighted by molar-refractivity contribution is 6.31. The molecule has 0 saturated heterocycles. The largest absolute Gasteiger partial charge is 0.488 e. The van der Waals surface area contributed by atoms with Gasteiger partial charge in [0.2, 0.25) is 0 Å². The van der Waals surface area contributed by atoms with E-state index in [1.165, 1.54) is 18.2 Å². The number of hydrogen-bond acceptors (Lipinski definition) is 2. The van der Waals surface area contributed by atoms with E-state index in [9.17, 15) is 9.18 Å². The van der Waals surface area contributed by atoms with Crippen molar-refractivity contribution in [1.82, 2.24) is 0 Å². The van der Waals surface area contributed by atoms with E-state index < -0.39 is 11.8 Å². The van der Waals surface area contributed by atoms with Crippen LogP contribution in [0.2, 0.25) is 5.02 Å². The third kappa shape index (κ3) is 2.91. The molecular formula is C15H12ClFO3. The van der Waals surface area contributed by atoms with E-state index in [0.29, 0.717) is 11.1 Å². The lowest BCUT2D eigenvalue weighted by atomic mass is 10.1. The van der Waals surface area contributed by atoms with Gasteiger partial charge in [-0.05, 0) is 24.6 Å². The van der Waals surface area contributed by atoms with Crippen molar-refractivity contribution in [3.8, 4) is 5.75 Å². The van der Waals surface area contributed by atoms with E-state index >= 15 is 0 Å². The first-order valence-corrected chi connectivity index (χ1v) is 6.27. The van der Waals surface area contributed by atoms with Gasteiger partial charge in [-0.1, -0.05) is 35.9 Å². The van der Waals surface area contributed by atoms with Crippen LogP contribution in [-0.4, -0.2) is 11.1 Å².